The van der Waals surface area contributed by atoms with Crippen molar-refractivity contribution in [2.24, 2.45) is 0 Å². The molecule has 0 atom stereocenters. The van der Waals surface area contributed by atoms with Crippen molar-refractivity contribution in [3.63, 3.8) is 0 Å². The molecule has 0 bridgehead atoms. The van der Waals surface area contributed by atoms with Crippen LogP contribution < -0.4 is 20.1 Å². The van der Waals surface area contributed by atoms with Crippen molar-refractivity contribution >= 4 is 17.4 Å². The van der Waals surface area contributed by atoms with Crippen LogP contribution in [0.4, 0.5) is 16.2 Å². The van der Waals surface area contributed by atoms with Gasteiger partial charge in [-0.3, -0.25) is 0 Å². The van der Waals surface area contributed by atoms with E-state index in [2.05, 4.69) is 41.0 Å². The number of hydrogen-bond acceptors (Lipinski definition) is 4. The first-order valence-electron chi connectivity index (χ1n) is 11.5. The highest BCUT2D eigenvalue weighted by Gasteiger charge is 2.20. The summed E-state index contributed by atoms with van der Waals surface area (Å²) in [6.45, 7) is 7.70. The van der Waals surface area contributed by atoms with Crippen molar-refractivity contribution in [1.82, 2.24) is 9.55 Å². The van der Waals surface area contributed by atoms with E-state index in [1.807, 2.05) is 60.9 Å². The summed E-state index contributed by atoms with van der Waals surface area (Å²) < 4.78 is 13.9. The number of para-hydroxylation sites is 1. The van der Waals surface area contributed by atoms with Crippen LogP contribution in [0.25, 0.3) is 0 Å². The van der Waals surface area contributed by atoms with E-state index in [4.69, 9.17) is 9.47 Å². The van der Waals surface area contributed by atoms with Gasteiger partial charge in [0.15, 0.2) is 0 Å². The topological polar surface area (TPSA) is 77.4 Å². The van der Waals surface area contributed by atoms with Crippen molar-refractivity contribution in [3.8, 4) is 17.4 Å². The van der Waals surface area contributed by atoms with Crippen LogP contribution in [0, 0.1) is 0 Å². The Morgan fingerprint density at radius 2 is 1.66 bits per heavy atom. The van der Waals surface area contributed by atoms with E-state index >= 15 is 0 Å². The van der Waals surface area contributed by atoms with Crippen molar-refractivity contribution in [3.05, 3.63) is 97.0 Å². The van der Waals surface area contributed by atoms with Gasteiger partial charge in [0, 0.05) is 29.8 Å². The Labute approximate surface area is 205 Å². The number of amides is 2. The molecule has 0 saturated heterocycles. The molecule has 0 aliphatic carbocycles. The average molecular weight is 471 g/mol. The molecule has 4 aromatic rings. The fraction of sp³-hybridized carbons (Fsp3) is 0.214. The number of nitrogens with one attached hydrogen (secondary N) is 2. The number of nitrogens with zero attached hydrogens (tertiary/aromatic N) is 2. The van der Waals surface area contributed by atoms with E-state index in [1.54, 1.807) is 30.5 Å². The van der Waals surface area contributed by atoms with Crippen molar-refractivity contribution < 1.29 is 14.3 Å². The van der Waals surface area contributed by atoms with E-state index in [-0.39, 0.29) is 5.41 Å². The molecule has 7 nitrogen and oxygen atoms in total. The number of urea groups is 1. The number of hydrogen-bond donors (Lipinski definition) is 2. The first kappa shape index (κ1) is 23.9. The average Bonchev–Trinajstić information content (AvgIpc) is 3.35. The second kappa shape index (κ2) is 10.8. The number of ether oxygens (including phenoxy) is 2. The molecular weight excluding hydrogens is 440 g/mol. The van der Waals surface area contributed by atoms with E-state index < -0.39 is 6.03 Å². The van der Waals surface area contributed by atoms with Crippen LogP contribution in [0.3, 0.4) is 0 Å². The summed E-state index contributed by atoms with van der Waals surface area (Å²) in [5, 5.41) is 5.66. The van der Waals surface area contributed by atoms with Crippen LogP contribution in [0.5, 0.6) is 17.4 Å². The number of pyridine rings is 1. The highest BCUT2D eigenvalue weighted by atomic mass is 16.5. The third-order valence-electron chi connectivity index (χ3n) is 5.32. The minimum absolute atomic E-state index is 0.103. The fourth-order valence-electron chi connectivity index (χ4n) is 3.55. The highest BCUT2D eigenvalue weighted by Crippen LogP contribution is 2.35. The number of carbonyl (C=O) groups excluding carboxylic acids is 1. The molecule has 4 rings (SSSR count). The molecule has 2 aromatic carbocycles. The number of carbonyl (C=O) groups is 1. The van der Waals surface area contributed by atoms with E-state index in [0.717, 1.165) is 17.9 Å². The zero-order valence-corrected chi connectivity index (χ0v) is 20.2. The van der Waals surface area contributed by atoms with Crippen LogP contribution in [0.15, 0.2) is 91.4 Å². The molecule has 0 saturated carbocycles. The minimum atomic E-state index is -0.395. The second-order valence-electron chi connectivity index (χ2n) is 9.08. The zero-order chi connectivity index (χ0) is 24.7. The summed E-state index contributed by atoms with van der Waals surface area (Å²) in [7, 11) is 0. The van der Waals surface area contributed by atoms with Gasteiger partial charge in [-0.05, 0) is 60.0 Å². The number of rotatable bonds is 8. The SMILES string of the molecule is CC(C)(C)c1ccccc1Oc1ncccc1NC(=O)Nc1ccc(OCCn2cccc2)cc1. The van der Waals surface area contributed by atoms with Crippen LogP contribution in [0.1, 0.15) is 26.3 Å². The molecule has 2 amide bonds. The minimum Gasteiger partial charge on any atom is -0.492 e. The lowest BCUT2D eigenvalue weighted by molar-refractivity contribution is 0.262. The Bertz CT molecular complexity index is 1250. The maximum atomic E-state index is 12.7. The quantitative estimate of drug-likeness (QED) is 0.301. The van der Waals surface area contributed by atoms with Gasteiger partial charge in [-0.15, -0.1) is 0 Å². The van der Waals surface area contributed by atoms with Crippen molar-refractivity contribution in [2.45, 2.75) is 32.7 Å². The summed E-state index contributed by atoms with van der Waals surface area (Å²) in [5.41, 5.74) is 2.06. The predicted octanol–water partition coefficient (Wildman–Crippen LogP) is 6.70. The first-order valence-corrected chi connectivity index (χ1v) is 11.5. The lowest BCUT2D eigenvalue weighted by atomic mass is 9.86. The highest BCUT2D eigenvalue weighted by molar-refractivity contribution is 6.00. The monoisotopic (exact) mass is 470 g/mol. The summed E-state index contributed by atoms with van der Waals surface area (Å²) in [6.07, 6.45) is 5.63. The summed E-state index contributed by atoms with van der Waals surface area (Å²) >= 11 is 0. The molecule has 0 aliphatic rings. The predicted molar refractivity (Wildman–Crippen MR) is 138 cm³/mol. The van der Waals surface area contributed by atoms with Crippen LogP contribution in [0.2, 0.25) is 0 Å². The van der Waals surface area contributed by atoms with Gasteiger partial charge in [0.05, 0.1) is 6.54 Å². The smallest absolute Gasteiger partial charge is 0.323 e. The Kier molecular flexibility index (Phi) is 7.35. The third-order valence-corrected chi connectivity index (χ3v) is 5.32. The maximum absolute atomic E-state index is 12.7. The molecule has 180 valence electrons. The molecule has 0 unspecified atom stereocenters. The molecule has 0 fully saturated rings. The van der Waals surface area contributed by atoms with Crippen LogP contribution in [-0.4, -0.2) is 22.2 Å². The Morgan fingerprint density at radius 1 is 0.914 bits per heavy atom. The largest absolute Gasteiger partial charge is 0.492 e. The van der Waals surface area contributed by atoms with Crippen molar-refractivity contribution in [1.29, 1.82) is 0 Å². The third kappa shape index (κ3) is 6.63. The molecule has 7 heteroatoms. The number of benzene rings is 2. The van der Waals surface area contributed by atoms with Gasteiger partial charge in [0.1, 0.15) is 23.8 Å². The second-order valence-corrected chi connectivity index (χ2v) is 9.08. The summed E-state index contributed by atoms with van der Waals surface area (Å²) in [6, 6.07) is 22.2. The molecule has 2 N–H and O–H groups in total. The number of aromatic nitrogens is 2. The molecule has 0 aliphatic heterocycles. The van der Waals surface area contributed by atoms with Crippen LogP contribution in [-0.2, 0) is 12.0 Å². The van der Waals surface area contributed by atoms with Gasteiger partial charge in [-0.2, -0.15) is 0 Å². The maximum Gasteiger partial charge on any atom is 0.323 e. The Morgan fingerprint density at radius 3 is 2.40 bits per heavy atom. The standard InChI is InChI=1S/C28H30N4O3/c1-28(2,3)23-9-4-5-11-25(23)35-26-24(10-8-16-29-26)31-27(33)30-21-12-14-22(15-13-21)34-20-19-32-17-6-7-18-32/h4-18H,19-20H2,1-3H3,(H2,30,31,33). The zero-order valence-electron chi connectivity index (χ0n) is 20.2. The van der Waals surface area contributed by atoms with Crippen molar-refractivity contribution in [2.75, 3.05) is 17.2 Å². The van der Waals surface area contributed by atoms with Gasteiger partial charge in [0.2, 0.25) is 5.88 Å². The van der Waals surface area contributed by atoms with Gasteiger partial charge >= 0.3 is 6.03 Å². The fourth-order valence-corrected chi connectivity index (χ4v) is 3.55. The molecular formula is C28H30N4O3. The normalized spacial score (nSPS) is 11.1. The Balaban J connectivity index is 1.36. The lowest BCUT2D eigenvalue weighted by Gasteiger charge is -2.22. The molecule has 35 heavy (non-hydrogen) atoms. The van der Waals surface area contributed by atoms with Gasteiger partial charge in [-0.1, -0.05) is 39.0 Å². The Hall–Kier alpha value is -4.26. The lowest BCUT2D eigenvalue weighted by Crippen LogP contribution is -2.20. The molecule has 2 heterocycles. The van der Waals surface area contributed by atoms with Crippen LogP contribution >= 0.6 is 0 Å². The first-order chi connectivity index (χ1) is 16.9. The van der Waals surface area contributed by atoms with E-state index in [0.29, 0.717) is 29.6 Å². The molecule has 2 aromatic heterocycles. The van der Waals surface area contributed by atoms with E-state index in [1.165, 1.54) is 0 Å². The van der Waals surface area contributed by atoms with Gasteiger partial charge in [-0.25, -0.2) is 9.78 Å². The molecule has 0 spiro atoms. The van der Waals surface area contributed by atoms with E-state index in [9.17, 15) is 4.79 Å². The summed E-state index contributed by atoms with van der Waals surface area (Å²) in [5.74, 6) is 1.77. The molecule has 0 radical (unpaired) electrons. The summed E-state index contributed by atoms with van der Waals surface area (Å²) in [4.78, 5) is 17.0. The number of anilines is 2. The van der Waals surface area contributed by atoms with Gasteiger partial charge < -0.3 is 24.7 Å². The van der Waals surface area contributed by atoms with Gasteiger partial charge in [0.25, 0.3) is 0 Å².